The van der Waals surface area contributed by atoms with Crippen LogP contribution in [0.2, 0.25) is 0 Å². The lowest BCUT2D eigenvalue weighted by Gasteiger charge is -2.24. The monoisotopic (exact) mass is 424 g/mol. The van der Waals surface area contributed by atoms with Crippen molar-refractivity contribution in [2.75, 3.05) is 25.1 Å². The Labute approximate surface area is 180 Å². The molecule has 1 aromatic heterocycles. The smallest absolute Gasteiger partial charge is 0.123 e. The number of halogens is 2. The summed E-state index contributed by atoms with van der Waals surface area (Å²) in [6.45, 7) is 3.45. The van der Waals surface area contributed by atoms with Crippen LogP contribution in [0.5, 0.6) is 5.75 Å². The van der Waals surface area contributed by atoms with Gasteiger partial charge in [-0.2, -0.15) is 0 Å². The Hall–Kier alpha value is -3.12. The fraction of sp³-hybridized carbons (Fsp3) is 0.280. The highest BCUT2D eigenvalue weighted by molar-refractivity contribution is 6.08. The van der Waals surface area contributed by atoms with E-state index in [1.165, 1.54) is 24.3 Å². The molecule has 4 nitrogen and oxygen atoms in total. The van der Waals surface area contributed by atoms with Gasteiger partial charge in [0.15, 0.2) is 0 Å². The molecule has 0 spiro atoms. The van der Waals surface area contributed by atoms with Crippen LogP contribution in [0.25, 0.3) is 21.8 Å². The Bertz CT molecular complexity index is 1130. The fourth-order valence-electron chi connectivity index (χ4n) is 3.95. The van der Waals surface area contributed by atoms with E-state index in [1.807, 2.05) is 40.8 Å². The molecule has 3 aromatic carbocycles. The second-order valence-corrected chi connectivity index (χ2v) is 7.81. The number of aliphatic hydroxyl groups is 1. The Balaban J connectivity index is 1.54. The SMILES string of the molecule is CCCOc1ccc(N(C)CC(O)Cn2c3ccc(F)cc3c3cc(F)ccc32)cc1. The maximum atomic E-state index is 13.8. The van der Waals surface area contributed by atoms with Crippen LogP contribution < -0.4 is 9.64 Å². The largest absolute Gasteiger partial charge is 0.494 e. The summed E-state index contributed by atoms with van der Waals surface area (Å²) >= 11 is 0. The van der Waals surface area contributed by atoms with Crippen molar-refractivity contribution in [2.45, 2.75) is 26.0 Å². The molecule has 0 fully saturated rings. The van der Waals surface area contributed by atoms with Crippen molar-refractivity contribution < 1.29 is 18.6 Å². The average Bonchev–Trinajstić information content (AvgIpc) is 3.04. The third kappa shape index (κ3) is 4.49. The van der Waals surface area contributed by atoms with E-state index in [4.69, 9.17) is 4.74 Å². The zero-order chi connectivity index (χ0) is 22.0. The molecule has 1 N–H and O–H groups in total. The molecule has 4 rings (SSSR count). The number of hydrogen-bond donors (Lipinski definition) is 1. The van der Waals surface area contributed by atoms with Crippen molar-refractivity contribution in [1.29, 1.82) is 0 Å². The quantitative estimate of drug-likeness (QED) is 0.414. The minimum atomic E-state index is -0.685. The molecule has 1 atom stereocenters. The minimum absolute atomic E-state index is 0.305. The van der Waals surface area contributed by atoms with Crippen LogP contribution in [-0.4, -0.2) is 36.0 Å². The first-order valence-corrected chi connectivity index (χ1v) is 10.5. The molecular weight excluding hydrogens is 398 g/mol. The van der Waals surface area contributed by atoms with Gasteiger partial charge in [0, 0.05) is 41.1 Å². The third-order valence-electron chi connectivity index (χ3n) is 5.42. The second kappa shape index (κ2) is 8.94. The van der Waals surface area contributed by atoms with Gasteiger partial charge in [-0.1, -0.05) is 6.92 Å². The number of ether oxygens (including phenoxy) is 1. The van der Waals surface area contributed by atoms with E-state index >= 15 is 0 Å². The summed E-state index contributed by atoms with van der Waals surface area (Å²) in [6, 6.07) is 16.7. The first-order valence-electron chi connectivity index (χ1n) is 10.5. The van der Waals surface area contributed by atoms with Gasteiger partial charge < -0.3 is 19.3 Å². The molecule has 0 saturated carbocycles. The number of aliphatic hydroxyl groups excluding tert-OH is 1. The number of benzene rings is 3. The molecule has 0 aliphatic heterocycles. The number of nitrogens with zero attached hydrogens (tertiary/aromatic N) is 2. The molecule has 0 aliphatic rings. The molecule has 1 heterocycles. The first-order chi connectivity index (χ1) is 15.0. The van der Waals surface area contributed by atoms with E-state index in [1.54, 1.807) is 12.1 Å². The van der Waals surface area contributed by atoms with Crippen LogP contribution in [0, 0.1) is 11.6 Å². The average molecular weight is 424 g/mol. The summed E-state index contributed by atoms with van der Waals surface area (Å²) in [5.74, 6) is 0.0780. The zero-order valence-corrected chi connectivity index (χ0v) is 17.7. The second-order valence-electron chi connectivity index (χ2n) is 7.81. The van der Waals surface area contributed by atoms with Gasteiger partial charge in [0.2, 0.25) is 0 Å². The highest BCUT2D eigenvalue weighted by Gasteiger charge is 2.16. The maximum Gasteiger partial charge on any atom is 0.123 e. The van der Waals surface area contributed by atoms with Gasteiger partial charge in [0.05, 0.1) is 19.3 Å². The van der Waals surface area contributed by atoms with Crippen molar-refractivity contribution in [3.8, 4) is 5.75 Å². The van der Waals surface area contributed by atoms with Crippen LogP contribution in [-0.2, 0) is 6.54 Å². The standard InChI is InChI=1S/C25H26F2N2O2/c1-3-12-31-21-8-6-19(7-9-21)28(2)15-20(30)16-29-24-10-4-17(26)13-22(24)23-14-18(27)5-11-25(23)29/h4-11,13-14,20,30H,3,12,15-16H2,1-2H3. The minimum Gasteiger partial charge on any atom is -0.494 e. The van der Waals surface area contributed by atoms with E-state index in [0.717, 1.165) is 28.9 Å². The van der Waals surface area contributed by atoms with Crippen molar-refractivity contribution in [3.05, 3.63) is 72.3 Å². The Morgan fingerprint density at radius 3 is 2.06 bits per heavy atom. The van der Waals surface area contributed by atoms with Crippen molar-refractivity contribution in [3.63, 3.8) is 0 Å². The molecular formula is C25H26F2N2O2. The number of likely N-dealkylation sites (N-methyl/N-ethyl adjacent to an activating group) is 1. The molecule has 6 heteroatoms. The molecule has 1 unspecified atom stereocenters. The number of fused-ring (bicyclic) bond motifs is 3. The van der Waals surface area contributed by atoms with Crippen LogP contribution in [0.1, 0.15) is 13.3 Å². The van der Waals surface area contributed by atoms with Crippen molar-refractivity contribution >= 4 is 27.5 Å². The van der Waals surface area contributed by atoms with E-state index in [0.29, 0.717) is 30.5 Å². The van der Waals surface area contributed by atoms with E-state index in [9.17, 15) is 13.9 Å². The van der Waals surface area contributed by atoms with Gasteiger partial charge in [-0.05, 0) is 67.1 Å². The number of aromatic nitrogens is 1. The lowest BCUT2D eigenvalue weighted by atomic mass is 10.1. The van der Waals surface area contributed by atoms with Gasteiger partial charge >= 0.3 is 0 Å². The highest BCUT2D eigenvalue weighted by atomic mass is 19.1. The van der Waals surface area contributed by atoms with Crippen molar-refractivity contribution in [2.24, 2.45) is 0 Å². The van der Waals surface area contributed by atoms with Crippen LogP contribution >= 0.6 is 0 Å². The van der Waals surface area contributed by atoms with E-state index < -0.39 is 6.10 Å². The number of rotatable bonds is 8. The maximum absolute atomic E-state index is 13.8. The summed E-state index contributed by atoms with van der Waals surface area (Å²) in [4.78, 5) is 1.97. The Kier molecular flexibility index (Phi) is 6.09. The van der Waals surface area contributed by atoms with Crippen LogP contribution in [0.15, 0.2) is 60.7 Å². The topological polar surface area (TPSA) is 37.6 Å². The van der Waals surface area contributed by atoms with E-state index in [-0.39, 0.29) is 11.6 Å². The summed E-state index contributed by atoms with van der Waals surface area (Å²) in [5.41, 5.74) is 2.50. The van der Waals surface area contributed by atoms with Crippen LogP contribution in [0.3, 0.4) is 0 Å². The number of anilines is 1. The molecule has 0 bridgehead atoms. The Morgan fingerprint density at radius 2 is 1.52 bits per heavy atom. The van der Waals surface area contributed by atoms with Gasteiger partial charge in [0.1, 0.15) is 17.4 Å². The highest BCUT2D eigenvalue weighted by Crippen LogP contribution is 2.30. The molecule has 0 amide bonds. The van der Waals surface area contributed by atoms with Gasteiger partial charge in [-0.3, -0.25) is 0 Å². The molecule has 0 saturated heterocycles. The van der Waals surface area contributed by atoms with Gasteiger partial charge in [-0.25, -0.2) is 8.78 Å². The lowest BCUT2D eigenvalue weighted by Crippen LogP contribution is -2.32. The number of hydrogen-bond acceptors (Lipinski definition) is 3. The lowest BCUT2D eigenvalue weighted by molar-refractivity contribution is 0.163. The normalized spacial score (nSPS) is 12.4. The summed E-state index contributed by atoms with van der Waals surface area (Å²) in [6.07, 6.45) is 0.269. The molecule has 0 aliphatic carbocycles. The zero-order valence-electron chi connectivity index (χ0n) is 17.7. The van der Waals surface area contributed by atoms with E-state index in [2.05, 4.69) is 6.92 Å². The van der Waals surface area contributed by atoms with Crippen molar-refractivity contribution in [1.82, 2.24) is 4.57 Å². The van der Waals surface area contributed by atoms with Gasteiger partial charge in [0.25, 0.3) is 0 Å². The molecule has 31 heavy (non-hydrogen) atoms. The fourth-order valence-corrected chi connectivity index (χ4v) is 3.95. The van der Waals surface area contributed by atoms with Crippen LogP contribution in [0.4, 0.5) is 14.5 Å². The predicted octanol–water partition coefficient (Wildman–Crippen LogP) is 5.36. The Morgan fingerprint density at radius 1 is 0.935 bits per heavy atom. The molecule has 0 radical (unpaired) electrons. The predicted molar refractivity (Wildman–Crippen MR) is 121 cm³/mol. The first kappa shape index (κ1) is 21.1. The molecule has 4 aromatic rings. The molecule has 162 valence electrons. The summed E-state index contributed by atoms with van der Waals surface area (Å²) in [7, 11) is 1.92. The summed E-state index contributed by atoms with van der Waals surface area (Å²) < 4.78 is 35.2. The van der Waals surface area contributed by atoms with Gasteiger partial charge in [-0.15, -0.1) is 0 Å². The third-order valence-corrected chi connectivity index (χ3v) is 5.42. The summed E-state index contributed by atoms with van der Waals surface area (Å²) in [5, 5.41) is 12.1.